The molecule has 0 atom stereocenters. The Labute approximate surface area is 184 Å². The molecular weight excluding hydrogens is 427 g/mol. The first kappa shape index (κ1) is 21.0. The zero-order chi connectivity index (χ0) is 22.7. The number of rotatable bonds is 3. The average Bonchev–Trinajstić information content (AvgIpc) is 2.77. The van der Waals surface area contributed by atoms with E-state index in [2.05, 4.69) is 27.1 Å². The van der Waals surface area contributed by atoms with Gasteiger partial charge in [-0.25, -0.2) is 22.8 Å². The molecule has 8 heteroatoms. The summed E-state index contributed by atoms with van der Waals surface area (Å²) in [6.45, 7) is 0. The van der Waals surface area contributed by atoms with Crippen LogP contribution < -0.4 is 5.32 Å². The fourth-order valence-corrected chi connectivity index (χ4v) is 3.65. The van der Waals surface area contributed by atoms with Crippen molar-refractivity contribution in [2.75, 3.05) is 11.6 Å². The van der Waals surface area contributed by atoms with Crippen LogP contribution in [0.5, 0.6) is 0 Å². The Kier molecular flexibility index (Phi) is 5.55. The van der Waals surface area contributed by atoms with E-state index in [9.17, 15) is 12.8 Å². The second-order valence-corrected chi connectivity index (χ2v) is 8.98. The molecule has 0 fully saturated rings. The number of hydrogen-bond acceptors (Lipinski definition) is 6. The van der Waals surface area contributed by atoms with Gasteiger partial charge in [-0.1, -0.05) is 5.92 Å². The minimum absolute atomic E-state index is 0.192. The summed E-state index contributed by atoms with van der Waals surface area (Å²) in [6.07, 6.45) is 4.43. The highest BCUT2D eigenvalue weighted by molar-refractivity contribution is 7.90. The Hall–Kier alpha value is -4.27. The highest BCUT2D eigenvalue weighted by Gasteiger charge is 2.08. The number of anilines is 2. The van der Waals surface area contributed by atoms with E-state index in [0.717, 1.165) is 23.1 Å². The number of nitrogens with zero attached hydrogens (tertiary/aromatic N) is 3. The molecule has 2 heterocycles. The fourth-order valence-electron chi connectivity index (χ4n) is 3.02. The Morgan fingerprint density at radius 2 is 1.72 bits per heavy atom. The Bertz CT molecular complexity index is 1550. The second-order valence-electron chi connectivity index (χ2n) is 6.96. The van der Waals surface area contributed by atoms with Gasteiger partial charge < -0.3 is 5.32 Å². The van der Waals surface area contributed by atoms with E-state index in [4.69, 9.17) is 5.26 Å². The van der Waals surface area contributed by atoms with Crippen molar-refractivity contribution in [2.24, 2.45) is 0 Å². The molecule has 0 saturated carbocycles. The summed E-state index contributed by atoms with van der Waals surface area (Å²) in [5, 5.41) is 13.7. The van der Waals surface area contributed by atoms with E-state index in [1.165, 1.54) is 24.3 Å². The molecule has 0 saturated heterocycles. The van der Waals surface area contributed by atoms with Crippen molar-refractivity contribution in [3.05, 3.63) is 89.6 Å². The number of halogens is 1. The van der Waals surface area contributed by atoms with Gasteiger partial charge in [0.15, 0.2) is 9.84 Å². The van der Waals surface area contributed by atoms with Crippen LogP contribution in [0.1, 0.15) is 16.8 Å². The first-order valence-electron chi connectivity index (χ1n) is 9.36. The summed E-state index contributed by atoms with van der Waals surface area (Å²) < 4.78 is 36.9. The van der Waals surface area contributed by atoms with E-state index < -0.39 is 15.7 Å². The van der Waals surface area contributed by atoms with Crippen LogP contribution in [0.2, 0.25) is 0 Å². The molecule has 0 radical (unpaired) electrons. The van der Waals surface area contributed by atoms with E-state index in [0.29, 0.717) is 22.8 Å². The van der Waals surface area contributed by atoms with Gasteiger partial charge in [-0.2, -0.15) is 5.26 Å². The lowest BCUT2D eigenvalue weighted by molar-refractivity contribution is 0.602. The zero-order valence-corrected chi connectivity index (χ0v) is 17.6. The van der Waals surface area contributed by atoms with Crippen LogP contribution in [0, 0.1) is 29.0 Å². The van der Waals surface area contributed by atoms with Crippen LogP contribution in [-0.2, 0) is 9.84 Å². The number of nitrogens with one attached hydrogen (secondary N) is 1. The number of sulfone groups is 1. The van der Waals surface area contributed by atoms with Crippen LogP contribution in [0.3, 0.4) is 0 Å². The molecule has 0 unspecified atom stereocenters. The van der Waals surface area contributed by atoms with Gasteiger partial charge in [0.05, 0.1) is 16.5 Å². The van der Waals surface area contributed by atoms with Gasteiger partial charge in [-0.05, 0) is 60.5 Å². The van der Waals surface area contributed by atoms with Gasteiger partial charge in [0.25, 0.3) is 0 Å². The van der Waals surface area contributed by atoms with Gasteiger partial charge in [-0.3, -0.25) is 0 Å². The maximum absolute atomic E-state index is 13.7. The Morgan fingerprint density at radius 1 is 0.969 bits per heavy atom. The van der Waals surface area contributed by atoms with E-state index in [1.54, 1.807) is 36.7 Å². The maximum atomic E-state index is 13.7. The highest BCUT2D eigenvalue weighted by atomic mass is 32.2. The molecule has 0 amide bonds. The monoisotopic (exact) mass is 442 g/mol. The molecule has 0 bridgehead atoms. The molecule has 156 valence electrons. The maximum Gasteiger partial charge on any atom is 0.175 e. The van der Waals surface area contributed by atoms with Crippen molar-refractivity contribution < 1.29 is 12.8 Å². The van der Waals surface area contributed by atoms with Crippen LogP contribution >= 0.6 is 0 Å². The number of benzene rings is 2. The van der Waals surface area contributed by atoms with Gasteiger partial charge in [0, 0.05) is 40.7 Å². The molecular formula is C24H15FN4O2S. The molecule has 0 aliphatic heterocycles. The number of pyridine rings is 2. The van der Waals surface area contributed by atoms with Crippen molar-refractivity contribution in [3.8, 4) is 17.9 Å². The van der Waals surface area contributed by atoms with E-state index in [-0.39, 0.29) is 10.5 Å². The van der Waals surface area contributed by atoms with Crippen molar-refractivity contribution >= 4 is 32.1 Å². The lowest BCUT2D eigenvalue weighted by Crippen LogP contribution is -1.98. The third kappa shape index (κ3) is 4.72. The summed E-state index contributed by atoms with van der Waals surface area (Å²) in [5.41, 5.74) is 1.71. The first-order chi connectivity index (χ1) is 15.3. The quantitative estimate of drug-likeness (QED) is 0.478. The van der Waals surface area contributed by atoms with Gasteiger partial charge in [-0.15, -0.1) is 0 Å². The van der Waals surface area contributed by atoms with E-state index >= 15 is 0 Å². The molecule has 32 heavy (non-hydrogen) atoms. The van der Waals surface area contributed by atoms with Gasteiger partial charge in [0.2, 0.25) is 0 Å². The van der Waals surface area contributed by atoms with Crippen LogP contribution in [0.4, 0.5) is 15.9 Å². The minimum atomic E-state index is -3.27. The number of nitriles is 1. The van der Waals surface area contributed by atoms with Gasteiger partial charge >= 0.3 is 0 Å². The summed E-state index contributed by atoms with van der Waals surface area (Å²) >= 11 is 0. The minimum Gasteiger partial charge on any atom is -0.340 e. The molecule has 2 aromatic heterocycles. The molecule has 4 aromatic rings. The molecule has 2 aromatic carbocycles. The summed E-state index contributed by atoms with van der Waals surface area (Å²) in [6, 6.07) is 15.7. The normalized spacial score (nSPS) is 10.8. The summed E-state index contributed by atoms with van der Waals surface area (Å²) in [7, 11) is -3.27. The number of aromatic nitrogens is 2. The molecule has 0 spiro atoms. The SMILES string of the molecule is CS(=O)(=O)c1ccc(Nc2cc3c(C#Cc4cc(F)cc(C#N)c4)nccc3cn2)cc1. The fraction of sp³-hybridized carbons (Fsp3) is 0.0417. The molecule has 0 aliphatic rings. The smallest absolute Gasteiger partial charge is 0.175 e. The van der Waals surface area contributed by atoms with Crippen LogP contribution in [0.25, 0.3) is 10.8 Å². The summed E-state index contributed by atoms with van der Waals surface area (Å²) in [4.78, 5) is 8.93. The zero-order valence-electron chi connectivity index (χ0n) is 16.8. The third-order valence-electron chi connectivity index (χ3n) is 4.55. The van der Waals surface area contributed by atoms with Gasteiger partial charge in [0.1, 0.15) is 17.3 Å². The molecule has 6 nitrogen and oxygen atoms in total. The van der Waals surface area contributed by atoms with Crippen molar-refractivity contribution in [2.45, 2.75) is 4.90 Å². The number of fused-ring (bicyclic) bond motifs is 1. The molecule has 0 aliphatic carbocycles. The predicted molar refractivity (Wildman–Crippen MR) is 119 cm³/mol. The Balaban J connectivity index is 1.67. The topological polar surface area (TPSA) is 95.7 Å². The van der Waals surface area contributed by atoms with Crippen molar-refractivity contribution in [1.82, 2.24) is 9.97 Å². The lowest BCUT2D eigenvalue weighted by Gasteiger charge is -2.08. The van der Waals surface area contributed by atoms with E-state index in [1.807, 2.05) is 6.07 Å². The highest BCUT2D eigenvalue weighted by Crippen LogP contribution is 2.22. The first-order valence-corrected chi connectivity index (χ1v) is 11.3. The second kappa shape index (κ2) is 8.46. The average molecular weight is 442 g/mol. The van der Waals surface area contributed by atoms with Crippen LogP contribution in [0.15, 0.2) is 71.9 Å². The van der Waals surface area contributed by atoms with Crippen LogP contribution in [-0.4, -0.2) is 24.6 Å². The number of hydrogen-bond donors (Lipinski definition) is 1. The lowest BCUT2D eigenvalue weighted by atomic mass is 10.1. The Morgan fingerprint density at radius 3 is 2.44 bits per heavy atom. The molecule has 1 N–H and O–H groups in total. The predicted octanol–water partition coefficient (Wildman–Crippen LogP) is 4.19. The largest absolute Gasteiger partial charge is 0.340 e. The standard InChI is InChI=1S/C24H15FN4O2S/c1-32(30,31)21-5-3-20(4-6-21)29-24-13-22-18(15-28-24)8-9-27-23(22)7-2-16-10-17(14-26)12-19(25)11-16/h3-6,8-13,15H,1H3,(H,28,29). The van der Waals surface area contributed by atoms with Crippen molar-refractivity contribution in [3.63, 3.8) is 0 Å². The molecule has 4 rings (SSSR count). The summed E-state index contributed by atoms with van der Waals surface area (Å²) in [5.74, 6) is 5.79. The van der Waals surface area contributed by atoms with Crippen molar-refractivity contribution in [1.29, 1.82) is 5.26 Å². The third-order valence-corrected chi connectivity index (χ3v) is 5.68.